The molecule has 16 heavy (non-hydrogen) atoms. The predicted molar refractivity (Wildman–Crippen MR) is 50.3 cm³/mol. The van der Waals surface area contributed by atoms with Crippen molar-refractivity contribution in [3.63, 3.8) is 0 Å². The fraction of sp³-hybridized carbons (Fsp3) is 0.556. The molecule has 0 atom stereocenters. The van der Waals surface area contributed by atoms with Crippen LogP contribution in [0.5, 0.6) is 5.88 Å². The van der Waals surface area contributed by atoms with Gasteiger partial charge in [-0.25, -0.2) is 4.98 Å². The van der Waals surface area contributed by atoms with Gasteiger partial charge in [0.15, 0.2) is 0 Å². The van der Waals surface area contributed by atoms with Crippen LogP contribution in [-0.4, -0.2) is 21.3 Å². The summed E-state index contributed by atoms with van der Waals surface area (Å²) in [6, 6.07) is 0. The molecule has 0 amide bonds. The first kappa shape index (κ1) is 12.5. The number of aryl methyl sites for hydroxylation is 1. The second-order valence-corrected chi connectivity index (χ2v) is 3.28. The molecule has 0 bridgehead atoms. The van der Waals surface area contributed by atoms with Crippen LogP contribution in [0, 0.1) is 0 Å². The molecule has 1 rings (SSSR count). The Hall–Kier alpha value is -1.53. The average Bonchev–Trinajstić information content (AvgIpc) is 2.13. The highest BCUT2D eigenvalue weighted by Gasteiger charge is 2.27. The summed E-state index contributed by atoms with van der Waals surface area (Å²) < 4.78 is 35.7. The van der Waals surface area contributed by atoms with E-state index >= 15 is 0 Å². The van der Waals surface area contributed by atoms with Crippen molar-refractivity contribution >= 4 is 0 Å². The molecule has 0 aliphatic rings. The Morgan fingerprint density at radius 3 is 2.50 bits per heavy atom. The Labute approximate surface area is 89.1 Å². The molecule has 1 aromatic rings. The van der Waals surface area contributed by atoms with E-state index in [9.17, 15) is 23.1 Å². The number of H-pyrrole nitrogens is 1. The smallest absolute Gasteiger partial charge is 0.389 e. The van der Waals surface area contributed by atoms with Gasteiger partial charge in [0.05, 0.1) is 12.0 Å². The molecule has 2 N–H and O–H groups in total. The molecule has 0 spiro atoms. The van der Waals surface area contributed by atoms with Crippen LogP contribution in [0.1, 0.15) is 24.7 Å². The summed E-state index contributed by atoms with van der Waals surface area (Å²) in [7, 11) is 0. The second-order valence-electron chi connectivity index (χ2n) is 3.28. The van der Waals surface area contributed by atoms with Gasteiger partial charge < -0.3 is 10.1 Å². The molecule has 7 heteroatoms. The second kappa shape index (κ2) is 4.54. The average molecular weight is 236 g/mol. The number of rotatable bonds is 3. The lowest BCUT2D eigenvalue weighted by atomic mass is 10.2. The van der Waals surface area contributed by atoms with Gasteiger partial charge in [-0.15, -0.1) is 0 Å². The molecule has 1 heterocycles. The number of halogens is 3. The molecule has 0 fully saturated rings. The van der Waals surface area contributed by atoms with Crippen LogP contribution in [0.4, 0.5) is 13.2 Å². The fourth-order valence-electron chi connectivity index (χ4n) is 1.23. The molecule has 0 aliphatic carbocycles. The maximum absolute atomic E-state index is 11.9. The van der Waals surface area contributed by atoms with Crippen LogP contribution in [0.2, 0.25) is 0 Å². The molecular weight excluding hydrogens is 225 g/mol. The number of hydrogen-bond acceptors (Lipinski definition) is 3. The summed E-state index contributed by atoms with van der Waals surface area (Å²) in [5.41, 5.74) is -0.511. The van der Waals surface area contributed by atoms with E-state index in [-0.39, 0.29) is 17.8 Å². The van der Waals surface area contributed by atoms with Crippen molar-refractivity contribution in [2.24, 2.45) is 0 Å². The highest BCUT2D eigenvalue weighted by Crippen LogP contribution is 2.21. The van der Waals surface area contributed by atoms with Crippen molar-refractivity contribution in [2.75, 3.05) is 0 Å². The Morgan fingerprint density at radius 1 is 1.44 bits per heavy atom. The summed E-state index contributed by atoms with van der Waals surface area (Å²) in [4.78, 5) is 17.0. The van der Waals surface area contributed by atoms with Gasteiger partial charge in [0, 0.05) is 6.42 Å². The van der Waals surface area contributed by atoms with Gasteiger partial charge in [-0.3, -0.25) is 4.79 Å². The molecule has 0 unspecified atom stereocenters. The molecule has 4 nitrogen and oxygen atoms in total. The summed E-state index contributed by atoms with van der Waals surface area (Å²) in [6.45, 7) is 1.64. The fourth-order valence-corrected chi connectivity index (χ4v) is 1.23. The van der Waals surface area contributed by atoms with Crippen LogP contribution < -0.4 is 5.56 Å². The SMILES string of the molecule is CCc1c(O)nc(CCC(F)(F)F)[nH]c1=O. The number of nitrogens with zero attached hydrogens (tertiary/aromatic N) is 1. The molecular formula is C9H11F3N2O2. The van der Waals surface area contributed by atoms with Gasteiger partial charge >= 0.3 is 6.18 Å². The first-order valence-corrected chi connectivity index (χ1v) is 4.71. The minimum atomic E-state index is -4.31. The van der Waals surface area contributed by atoms with Gasteiger partial charge in [0.1, 0.15) is 5.82 Å². The van der Waals surface area contributed by atoms with E-state index in [4.69, 9.17) is 0 Å². The lowest BCUT2D eigenvalue weighted by Crippen LogP contribution is -2.18. The van der Waals surface area contributed by atoms with E-state index in [2.05, 4.69) is 9.97 Å². The Kier molecular flexibility index (Phi) is 3.56. The third kappa shape index (κ3) is 3.25. The lowest BCUT2D eigenvalue weighted by Gasteiger charge is -2.06. The zero-order valence-corrected chi connectivity index (χ0v) is 8.56. The minimum absolute atomic E-state index is 0.0794. The van der Waals surface area contributed by atoms with Crippen LogP contribution in [-0.2, 0) is 12.8 Å². The van der Waals surface area contributed by atoms with Gasteiger partial charge in [-0.05, 0) is 6.42 Å². The number of alkyl halides is 3. The first-order chi connectivity index (χ1) is 7.33. The van der Waals surface area contributed by atoms with E-state index in [0.717, 1.165) is 0 Å². The van der Waals surface area contributed by atoms with Crippen LogP contribution in [0.15, 0.2) is 4.79 Å². The van der Waals surface area contributed by atoms with Crippen molar-refractivity contribution in [1.29, 1.82) is 0 Å². The van der Waals surface area contributed by atoms with E-state index in [1.807, 2.05) is 0 Å². The lowest BCUT2D eigenvalue weighted by molar-refractivity contribution is -0.134. The summed E-state index contributed by atoms with van der Waals surface area (Å²) >= 11 is 0. The monoisotopic (exact) mass is 236 g/mol. The van der Waals surface area contributed by atoms with Crippen molar-refractivity contribution in [2.45, 2.75) is 32.4 Å². The van der Waals surface area contributed by atoms with Gasteiger partial charge in [-0.2, -0.15) is 13.2 Å². The van der Waals surface area contributed by atoms with Gasteiger partial charge in [0.25, 0.3) is 5.56 Å². The molecule has 0 aromatic carbocycles. The van der Waals surface area contributed by atoms with Gasteiger partial charge in [-0.1, -0.05) is 6.92 Å². The maximum Gasteiger partial charge on any atom is 0.389 e. The zero-order chi connectivity index (χ0) is 12.3. The molecule has 90 valence electrons. The van der Waals surface area contributed by atoms with E-state index in [1.54, 1.807) is 6.92 Å². The number of aromatic nitrogens is 2. The molecule has 0 aliphatic heterocycles. The zero-order valence-electron chi connectivity index (χ0n) is 8.56. The highest BCUT2D eigenvalue weighted by atomic mass is 19.4. The summed E-state index contributed by atoms with van der Waals surface area (Å²) in [5.74, 6) is -0.652. The standard InChI is InChI=1S/C9H11F3N2O2/c1-2-5-7(15)13-6(14-8(5)16)3-4-9(10,11)12/h2-4H2,1H3,(H2,13,14,15,16). The molecule has 0 saturated carbocycles. The van der Waals surface area contributed by atoms with Crippen molar-refractivity contribution < 1.29 is 18.3 Å². The minimum Gasteiger partial charge on any atom is -0.493 e. The number of aromatic amines is 1. The quantitative estimate of drug-likeness (QED) is 0.836. The third-order valence-corrected chi connectivity index (χ3v) is 2.04. The first-order valence-electron chi connectivity index (χ1n) is 4.71. The summed E-state index contributed by atoms with van der Waals surface area (Å²) in [6.07, 6.45) is -5.57. The topological polar surface area (TPSA) is 66.0 Å². The van der Waals surface area contributed by atoms with Crippen LogP contribution in [0.3, 0.4) is 0 Å². The number of aromatic hydroxyl groups is 1. The third-order valence-electron chi connectivity index (χ3n) is 2.04. The predicted octanol–water partition coefficient (Wildman–Crippen LogP) is 1.53. The molecule has 0 saturated heterocycles. The van der Waals surface area contributed by atoms with Gasteiger partial charge in [0.2, 0.25) is 5.88 Å². The normalized spacial score (nSPS) is 11.8. The molecule has 0 radical (unpaired) electrons. The van der Waals surface area contributed by atoms with E-state index < -0.39 is 30.5 Å². The highest BCUT2D eigenvalue weighted by molar-refractivity contribution is 5.22. The number of nitrogens with one attached hydrogen (secondary N) is 1. The summed E-state index contributed by atoms with van der Waals surface area (Å²) in [5, 5.41) is 9.29. The van der Waals surface area contributed by atoms with Crippen LogP contribution in [0.25, 0.3) is 0 Å². The van der Waals surface area contributed by atoms with Crippen molar-refractivity contribution in [3.8, 4) is 5.88 Å². The maximum atomic E-state index is 11.9. The van der Waals surface area contributed by atoms with Crippen LogP contribution >= 0.6 is 0 Å². The van der Waals surface area contributed by atoms with Crippen molar-refractivity contribution in [3.05, 3.63) is 21.7 Å². The Balaban J connectivity index is 2.88. The Bertz CT molecular complexity index is 426. The van der Waals surface area contributed by atoms with E-state index in [1.165, 1.54) is 0 Å². The number of hydrogen-bond donors (Lipinski definition) is 2. The Morgan fingerprint density at radius 2 is 2.06 bits per heavy atom. The largest absolute Gasteiger partial charge is 0.493 e. The van der Waals surface area contributed by atoms with Crippen molar-refractivity contribution in [1.82, 2.24) is 9.97 Å². The van der Waals surface area contributed by atoms with E-state index in [0.29, 0.717) is 0 Å². The molecule has 1 aromatic heterocycles.